The van der Waals surface area contributed by atoms with Gasteiger partial charge >= 0.3 is 0 Å². The predicted molar refractivity (Wildman–Crippen MR) is 105 cm³/mol. The summed E-state index contributed by atoms with van der Waals surface area (Å²) in [5, 5.41) is 9.43. The third kappa shape index (κ3) is 4.42. The van der Waals surface area contributed by atoms with Crippen LogP contribution in [0.1, 0.15) is 34.7 Å². The molecule has 142 valence electrons. The average molecular weight is 367 g/mol. The van der Waals surface area contributed by atoms with Gasteiger partial charge in [-0.05, 0) is 54.7 Å². The summed E-state index contributed by atoms with van der Waals surface area (Å²) in [4.78, 5) is 14.7. The normalized spacial score (nSPS) is 14.6. The molecule has 27 heavy (non-hydrogen) atoms. The molecule has 0 aliphatic carbocycles. The molecule has 0 bridgehead atoms. The fourth-order valence-electron chi connectivity index (χ4n) is 3.41. The quantitative estimate of drug-likeness (QED) is 0.785. The molecule has 0 radical (unpaired) electrons. The summed E-state index contributed by atoms with van der Waals surface area (Å²) in [7, 11) is 1.56. The molecule has 1 aliphatic rings. The van der Waals surface area contributed by atoms with Gasteiger partial charge in [-0.2, -0.15) is 0 Å². The van der Waals surface area contributed by atoms with Crippen molar-refractivity contribution < 1.29 is 19.4 Å². The third-order valence-electron chi connectivity index (χ3n) is 4.91. The highest BCUT2D eigenvalue weighted by atomic mass is 16.5. The molecule has 2 aromatic carbocycles. The molecule has 1 aliphatic heterocycles. The van der Waals surface area contributed by atoms with Crippen molar-refractivity contribution >= 4 is 5.91 Å². The number of phenols is 1. The lowest BCUT2D eigenvalue weighted by Gasteiger charge is -2.32. The van der Waals surface area contributed by atoms with E-state index in [2.05, 4.69) is 6.58 Å². The molecule has 3 rings (SSSR count). The molecule has 0 atom stereocenters. The first-order valence-corrected chi connectivity index (χ1v) is 9.12. The topological polar surface area (TPSA) is 59.0 Å². The van der Waals surface area contributed by atoms with E-state index in [-0.39, 0.29) is 11.7 Å². The van der Waals surface area contributed by atoms with Gasteiger partial charge in [0.2, 0.25) is 0 Å². The number of hydrogen-bond donors (Lipinski definition) is 1. The lowest BCUT2D eigenvalue weighted by Crippen LogP contribution is -2.37. The van der Waals surface area contributed by atoms with Gasteiger partial charge in [-0.3, -0.25) is 4.79 Å². The van der Waals surface area contributed by atoms with E-state index >= 15 is 0 Å². The zero-order valence-electron chi connectivity index (χ0n) is 15.6. The molecule has 0 unspecified atom stereocenters. The van der Waals surface area contributed by atoms with Crippen molar-refractivity contribution in [2.24, 2.45) is 0 Å². The van der Waals surface area contributed by atoms with Crippen LogP contribution < -0.4 is 9.47 Å². The van der Waals surface area contributed by atoms with Gasteiger partial charge in [-0.15, -0.1) is 0 Å². The van der Waals surface area contributed by atoms with Crippen LogP contribution in [-0.4, -0.2) is 42.7 Å². The fourth-order valence-corrected chi connectivity index (χ4v) is 3.41. The van der Waals surface area contributed by atoms with Gasteiger partial charge in [0.05, 0.1) is 7.11 Å². The molecule has 0 aromatic heterocycles. The number of aromatic hydroxyl groups is 1. The smallest absolute Gasteiger partial charge is 0.253 e. The third-order valence-corrected chi connectivity index (χ3v) is 4.91. The van der Waals surface area contributed by atoms with Crippen LogP contribution in [0.15, 0.2) is 55.1 Å². The van der Waals surface area contributed by atoms with Crippen molar-refractivity contribution in [3.63, 3.8) is 0 Å². The average Bonchev–Trinajstić information content (AvgIpc) is 2.72. The van der Waals surface area contributed by atoms with Crippen molar-refractivity contribution in [3.05, 3.63) is 66.2 Å². The van der Waals surface area contributed by atoms with Crippen molar-refractivity contribution in [1.82, 2.24) is 4.90 Å². The molecule has 2 aromatic rings. The number of piperidine rings is 1. The number of rotatable bonds is 6. The van der Waals surface area contributed by atoms with Gasteiger partial charge in [0.1, 0.15) is 12.4 Å². The fraction of sp³-hybridized carbons (Fsp3) is 0.318. The molecule has 5 nitrogen and oxygen atoms in total. The van der Waals surface area contributed by atoms with Crippen LogP contribution in [0.3, 0.4) is 0 Å². The number of phenolic OH excluding ortho intramolecular Hbond substituents is 1. The highest BCUT2D eigenvalue weighted by Gasteiger charge is 2.25. The molecule has 1 amide bonds. The lowest BCUT2D eigenvalue weighted by atomic mass is 9.89. The van der Waals surface area contributed by atoms with E-state index in [1.54, 1.807) is 43.5 Å². The first kappa shape index (κ1) is 18.8. The van der Waals surface area contributed by atoms with Crippen molar-refractivity contribution in [2.75, 3.05) is 26.8 Å². The molecular weight excluding hydrogens is 342 g/mol. The summed E-state index contributed by atoms with van der Waals surface area (Å²) >= 11 is 0. The Hall–Kier alpha value is -2.95. The number of carbonyl (C=O) groups is 1. The SMILES string of the molecule is C=CCOc1ccc(C(=O)N2CCC(c3ccc(O)cc3)CC2)cc1OC. The number of hydrogen-bond acceptors (Lipinski definition) is 4. The molecule has 0 saturated carbocycles. The summed E-state index contributed by atoms with van der Waals surface area (Å²) in [6.07, 6.45) is 3.49. The number of amides is 1. The van der Waals surface area contributed by atoms with Crippen LogP contribution in [-0.2, 0) is 0 Å². The predicted octanol–water partition coefficient (Wildman–Crippen LogP) is 3.99. The second-order valence-electron chi connectivity index (χ2n) is 6.62. The standard InChI is InChI=1S/C22H25NO4/c1-3-14-27-20-9-6-18(15-21(20)26-2)22(25)23-12-10-17(11-13-23)16-4-7-19(24)8-5-16/h3-9,15,17,24H,1,10-14H2,2H3. The Morgan fingerprint density at radius 2 is 1.89 bits per heavy atom. The number of benzene rings is 2. The first-order chi connectivity index (χ1) is 13.1. The number of methoxy groups -OCH3 is 1. The Labute approximate surface area is 159 Å². The minimum atomic E-state index is 0.00715. The van der Waals surface area contributed by atoms with Crippen LogP contribution in [0.5, 0.6) is 17.2 Å². The van der Waals surface area contributed by atoms with Crippen LogP contribution in [0.25, 0.3) is 0 Å². The molecule has 0 spiro atoms. The first-order valence-electron chi connectivity index (χ1n) is 9.12. The van der Waals surface area contributed by atoms with E-state index in [1.165, 1.54) is 5.56 Å². The Morgan fingerprint density at radius 3 is 2.52 bits per heavy atom. The maximum Gasteiger partial charge on any atom is 0.253 e. The number of nitrogens with zero attached hydrogens (tertiary/aromatic N) is 1. The van der Waals surface area contributed by atoms with E-state index in [4.69, 9.17) is 9.47 Å². The molecule has 1 fully saturated rings. The number of ether oxygens (including phenoxy) is 2. The minimum Gasteiger partial charge on any atom is -0.508 e. The molecule has 1 N–H and O–H groups in total. The highest BCUT2D eigenvalue weighted by molar-refractivity contribution is 5.95. The van der Waals surface area contributed by atoms with Crippen LogP contribution in [0.2, 0.25) is 0 Å². The highest BCUT2D eigenvalue weighted by Crippen LogP contribution is 2.31. The van der Waals surface area contributed by atoms with Crippen molar-refractivity contribution in [2.45, 2.75) is 18.8 Å². The molecule has 1 saturated heterocycles. The Morgan fingerprint density at radius 1 is 1.19 bits per heavy atom. The van der Waals surface area contributed by atoms with Crippen LogP contribution in [0.4, 0.5) is 0 Å². The van der Waals surface area contributed by atoms with E-state index in [0.29, 0.717) is 42.7 Å². The second-order valence-corrected chi connectivity index (χ2v) is 6.62. The van der Waals surface area contributed by atoms with Gasteiger partial charge in [-0.1, -0.05) is 24.8 Å². The lowest BCUT2D eigenvalue weighted by molar-refractivity contribution is 0.0712. The summed E-state index contributed by atoms with van der Waals surface area (Å²) in [6, 6.07) is 12.6. The molecule has 5 heteroatoms. The van der Waals surface area contributed by atoms with Gasteiger partial charge in [0.25, 0.3) is 5.91 Å². The van der Waals surface area contributed by atoms with E-state index in [9.17, 15) is 9.90 Å². The summed E-state index contributed by atoms with van der Waals surface area (Å²) in [5.41, 5.74) is 1.81. The monoisotopic (exact) mass is 367 g/mol. The zero-order chi connectivity index (χ0) is 19.2. The van der Waals surface area contributed by atoms with E-state index < -0.39 is 0 Å². The van der Waals surface area contributed by atoms with Gasteiger partial charge in [0, 0.05) is 18.7 Å². The summed E-state index contributed by atoms with van der Waals surface area (Å²) < 4.78 is 10.9. The van der Waals surface area contributed by atoms with Crippen molar-refractivity contribution in [3.8, 4) is 17.2 Å². The Balaban J connectivity index is 1.65. The van der Waals surface area contributed by atoms with Crippen LogP contribution >= 0.6 is 0 Å². The van der Waals surface area contributed by atoms with E-state index in [0.717, 1.165) is 12.8 Å². The molecular formula is C22H25NO4. The Kier molecular flexibility index (Phi) is 6.01. The summed E-state index contributed by atoms with van der Waals surface area (Å²) in [6.45, 7) is 5.43. The maximum absolute atomic E-state index is 12.9. The van der Waals surface area contributed by atoms with Crippen molar-refractivity contribution in [1.29, 1.82) is 0 Å². The minimum absolute atomic E-state index is 0.00715. The maximum atomic E-state index is 12.9. The Bertz CT molecular complexity index is 792. The largest absolute Gasteiger partial charge is 0.508 e. The number of carbonyl (C=O) groups excluding carboxylic acids is 1. The van der Waals surface area contributed by atoms with Gasteiger partial charge < -0.3 is 19.5 Å². The number of likely N-dealkylation sites (tertiary alicyclic amines) is 1. The second kappa shape index (κ2) is 8.62. The molecule has 1 heterocycles. The van der Waals surface area contributed by atoms with Gasteiger partial charge in [-0.25, -0.2) is 0 Å². The van der Waals surface area contributed by atoms with E-state index in [1.807, 2.05) is 17.0 Å². The van der Waals surface area contributed by atoms with Crippen LogP contribution in [0, 0.1) is 0 Å². The van der Waals surface area contributed by atoms with Gasteiger partial charge in [0.15, 0.2) is 11.5 Å². The zero-order valence-corrected chi connectivity index (χ0v) is 15.6. The summed E-state index contributed by atoms with van der Waals surface area (Å²) in [5.74, 6) is 1.84.